The Labute approximate surface area is 88.3 Å². The van der Waals surface area contributed by atoms with E-state index in [4.69, 9.17) is 5.11 Å². The molecule has 14 heavy (non-hydrogen) atoms. The molecular formula is C12H25NO. The van der Waals surface area contributed by atoms with Gasteiger partial charge in [-0.3, -0.25) is 4.90 Å². The number of hydrogen-bond donors (Lipinski definition) is 1. The third-order valence-corrected chi connectivity index (χ3v) is 3.73. The molecule has 2 nitrogen and oxygen atoms in total. The van der Waals surface area contributed by atoms with Crippen LogP contribution in [0.3, 0.4) is 0 Å². The molecule has 0 amide bonds. The fourth-order valence-corrected chi connectivity index (χ4v) is 2.45. The van der Waals surface area contributed by atoms with Gasteiger partial charge in [-0.05, 0) is 46.1 Å². The fraction of sp³-hybridized carbons (Fsp3) is 1.00. The SMILES string of the molecule is CCC(C)(C)N1CCCC[C@H]1CCO. The highest BCUT2D eigenvalue weighted by Crippen LogP contribution is 2.29. The van der Waals surface area contributed by atoms with Gasteiger partial charge >= 0.3 is 0 Å². The van der Waals surface area contributed by atoms with Crippen LogP contribution in [0.25, 0.3) is 0 Å². The minimum atomic E-state index is 0.306. The van der Waals surface area contributed by atoms with E-state index < -0.39 is 0 Å². The summed E-state index contributed by atoms with van der Waals surface area (Å²) in [5, 5.41) is 9.05. The minimum absolute atomic E-state index is 0.306. The van der Waals surface area contributed by atoms with Crippen molar-refractivity contribution in [2.45, 2.75) is 64.5 Å². The maximum Gasteiger partial charge on any atom is 0.0445 e. The first-order valence-electron chi connectivity index (χ1n) is 5.99. The van der Waals surface area contributed by atoms with E-state index in [9.17, 15) is 0 Å². The Hall–Kier alpha value is -0.0800. The topological polar surface area (TPSA) is 23.5 Å². The first-order chi connectivity index (χ1) is 6.61. The molecule has 0 radical (unpaired) electrons. The van der Waals surface area contributed by atoms with Gasteiger partial charge in [0.05, 0.1) is 0 Å². The van der Waals surface area contributed by atoms with Crippen LogP contribution in [0.1, 0.15) is 52.9 Å². The molecule has 0 saturated carbocycles. The lowest BCUT2D eigenvalue weighted by Gasteiger charge is -2.46. The summed E-state index contributed by atoms with van der Waals surface area (Å²) in [5.41, 5.74) is 0.306. The monoisotopic (exact) mass is 199 g/mol. The van der Waals surface area contributed by atoms with E-state index in [2.05, 4.69) is 25.7 Å². The number of rotatable bonds is 4. The van der Waals surface area contributed by atoms with Gasteiger partial charge in [0, 0.05) is 18.2 Å². The van der Waals surface area contributed by atoms with Crippen LogP contribution in [0.2, 0.25) is 0 Å². The number of aliphatic hydroxyl groups is 1. The Morgan fingerprint density at radius 3 is 2.64 bits per heavy atom. The zero-order valence-corrected chi connectivity index (χ0v) is 9.92. The second-order valence-corrected chi connectivity index (χ2v) is 5.02. The molecule has 0 bridgehead atoms. The Balaban J connectivity index is 2.61. The van der Waals surface area contributed by atoms with Gasteiger partial charge in [-0.1, -0.05) is 13.3 Å². The third-order valence-electron chi connectivity index (χ3n) is 3.73. The minimum Gasteiger partial charge on any atom is -0.396 e. The van der Waals surface area contributed by atoms with Gasteiger partial charge in [0.25, 0.3) is 0 Å². The summed E-state index contributed by atoms with van der Waals surface area (Å²) in [6.45, 7) is 8.45. The van der Waals surface area contributed by atoms with Gasteiger partial charge < -0.3 is 5.11 Å². The van der Waals surface area contributed by atoms with Gasteiger partial charge in [0.1, 0.15) is 0 Å². The second-order valence-electron chi connectivity index (χ2n) is 5.02. The van der Waals surface area contributed by atoms with E-state index >= 15 is 0 Å². The molecule has 1 heterocycles. The van der Waals surface area contributed by atoms with Crippen molar-refractivity contribution < 1.29 is 5.11 Å². The first-order valence-corrected chi connectivity index (χ1v) is 5.99. The summed E-state index contributed by atoms with van der Waals surface area (Å²) >= 11 is 0. The van der Waals surface area contributed by atoms with Gasteiger partial charge in [-0.15, -0.1) is 0 Å². The molecule has 1 fully saturated rings. The number of piperidine rings is 1. The predicted molar refractivity (Wildman–Crippen MR) is 60.4 cm³/mol. The Morgan fingerprint density at radius 2 is 2.07 bits per heavy atom. The molecule has 0 aromatic carbocycles. The second kappa shape index (κ2) is 5.13. The maximum absolute atomic E-state index is 9.05. The number of likely N-dealkylation sites (tertiary alicyclic amines) is 1. The number of nitrogens with zero attached hydrogens (tertiary/aromatic N) is 1. The molecule has 1 saturated heterocycles. The highest BCUT2D eigenvalue weighted by atomic mass is 16.3. The van der Waals surface area contributed by atoms with Crippen LogP contribution in [0.4, 0.5) is 0 Å². The predicted octanol–water partition coefficient (Wildman–Crippen LogP) is 2.41. The Morgan fingerprint density at radius 1 is 1.36 bits per heavy atom. The lowest BCUT2D eigenvalue weighted by atomic mass is 9.90. The van der Waals surface area contributed by atoms with Gasteiger partial charge in [-0.2, -0.15) is 0 Å². The van der Waals surface area contributed by atoms with Crippen molar-refractivity contribution in [1.29, 1.82) is 0 Å². The molecule has 0 aromatic rings. The fourth-order valence-electron chi connectivity index (χ4n) is 2.45. The van der Waals surface area contributed by atoms with Crippen molar-refractivity contribution in [3.05, 3.63) is 0 Å². The standard InChI is InChI=1S/C12H25NO/c1-4-12(2,3)13-9-6-5-7-11(13)8-10-14/h11,14H,4-10H2,1-3H3/t11-/m0/s1. The Kier molecular flexibility index (Phi) is 4.39. The molecule has 2 heteroatoms. The van der Waals surface area contributed by atoms with Crippen LogP contribution in [-0.4, -0.2) is 34.7 Å². The Bertz CT molecular complexity index is 166. The molecule has 1 rings (SSSR count). The van der Waals surface area contributed by atoms with E-state index in [-0.39, 0.29) is 0 Å². The summed E-state index contributed by atoms with van der Waals surface area (Å²) < 4.78 is 0. The largest absolute Gasteiger partial charge is 0.396 e. The number of hydrogen-bond acceptors (Lipinski definition) is 2. The zero-order valence-electron chi connectivity index (χ0n) is 9.92. The molecule has 1 N–H and O–H groups in total. The molecular weight excluding hydrogens is 174 g/mol. The highest BCUT2D eigenvalue weighted by Gasteiger charge is 2.32. The molecule has 0 spiro atoms. The third kappa shape index (κ3) is 2.71. The average Bonchev–Trinajstić information content (AvgIpc) is 2.19. The highest BCUT2D eigenvalue weighted by molar-refractivity contribution is 4.88. The quantitative estimate of drug-likeness (QED) is 0.751. The van der Waals surface area contributed by atoms with E-state index in [1.165, 1.54) is 32.2 Å². The van der Waals surface area contributed by atoms with Crippen LogP contribution in [-0.2, 0) is 0 Å². The molecule has 84 valence electrons. The number of aliphatic hydroxyl groups excluding tert-OH is 1. The molecule has 0 unspecified atom stereocenters. The summed E-state index contributed by atoms with van der Waals surface area (Å²) in [4.78, 5) is 2.60. The van der Waals surface area contributed by atoms with Crippen molar-refractivity contribution in [1.82, 2.24) is 4.90 Å². The van der Waals surface area contributed by atoms with Crippen molar-refractivity contribution in [3.8, 4) is 0 Å². The van der Waals surface area contributed by atoms with Crippen LogP contribution in [0.5, 0.6) is 0 Å². The maximum atomic E-state index is 9.05. The van der Waals surface area contributed by atoms with Gasteiger partial charge in [-0.25, -0.2) is 0 Å². The summed E-state index contributed by atoms with van der Waals surface area (Å²) in [5.74, 6) is 0. The van der Waals surface area contributed by atoms with E-state index in [0.717, 1.165) is 6.42 Å². The zero-order chi connectivity index (χ0) is 10.6. The van der Waals surface area contributed by atoms with Crippen LogP contribution >= 0.6 is 0 Å². The van der Waals surface area contributed by atoms with Crippen LogP contribution in [0, 0.1) is 0 Å². The van der Waals surface area contributed by atoms with Gasteiger partial charge in [0.15, 0.2) is 0 Å². The van der Waals surface area contributed by atoms with Crippen LogP contribution in [0.15, 0.2) is 0 Å². The first kappa shape index (κ1) is 12.0. The van der Waals surface area contributed by atoms with E-state index in [0.29, 0.717) is 18.2 Å². The summed E-state index contributed by atoms with van der Waals surface area (Å²) in [6.07, 6.45) is 6.06. The van der Waals surface area contributed by atoms with Crippen molar-refractivity contribution in [2.75, 3.05) is 13.2 Å². The molecule has 0 aromatic heterocycles. The van der Waals surface area contributed by atoms with Crippen molar-refractivity contribution in [2.24, 2.45) is 0 Å². The molecule has 1 aliphatic heterocycles. The molecule has 1 atom stereocenters. The van der Waals surface area contributed by atoms with Gasteiger partial charge in [0.2, 0.25) is 0 Å². The van der Waals surface area contributed by atoms with E-state index in [1.54, 1.807) is 0 Å². The lowest BCUT2D eigenvalue weighted by molar-refractivity contribution is 0.0255. The van der Waals surface area contributed by atoms with Crippen molar-refractivity contribution in [3.63, 3.8) is 0 Å². The average molecular weight is 199 g/mol. The summed E-state index contributed by atoms with van der Waals surface area (Å²) in [7, 11) is 0. The molecule has 1 aliphatic rings. The molecule has 0 aliphatic carbocycles. The normalized spacial score (nSPS) is 25.3. The van der Waals surface area contributed by atoms with Crippen molar-refractivity contribution >= 4 is 0 Å². The van der Waals surface area contributed by atoms with E-state index in [1.807, 2.05) is 0 Å². The van der Waals surface area contributed by atoms with Crippen LogP contribution < -0.4 is 0 Å². The smallest absolute Gasteiger partial charge is 0.0445 e. The lowest BCUT2D eigenvalue weighted by Crippen LogP contribution is -2.52. The summed E-state index contributed by atoms with van der Waals surface area (Å²) in [6, 6.07) is 0.615.